The molecule has 0 spiro atoms. The van der Waals surface area contributed by atoms with Crippen LogP contribution < -0.4 is 9.50 Å². The molecule has 0 aliphatic heterocycles. The summed E-state index contributed by atoms with van der Waals surface area (Å²) in [6.45, 7) is 4.10. The minimum Gasteiger partial charge on any atom is -0.362 e. The van der Waals surface area contributed by atoms with Crippen LogP contribution in [-0.2, 0) is 21.6 Å². The molecular formula is C19H21NO5S. The lowest BCUT2D eigenvalue weighted by molar-refractivity contribution is -0.116. The number of rotatable bonds is 7. The molecule has 6 nitrogen and oxygen atoms in total. The van der Waals surface area contributed by atoms with Crippen molar-refractivity contribution in [3.05, 3.63) is 70.8 Å². The van der Waals surface area contributed by atoms with Crippen LogP contribution in [0.2, 0.25) is 0 Å². The van der Waals surface area contributed by atoms with E-state index in [1.807, 2.05) is 31.2 Å². The fourth-order valence-corrected chi connectivity index (χ4v) is 2.82. The van der Waals surface area contributed by atoms with Gasteiger partial charge in [-0.1, -0.05) is 42.0 Å². The molecular weight excluding hydrogens is 354 g/mol. The summed E-state index contributed by atoms with van der Waals surface area (Å²) in [6.07, 6.45) is 3.83. The van der Waals surface area contributed by atoms with Crippen molar-refractivity contribution in [2.45, 2.75) is 20.3 Å². The van der Waals surface area contributed by atoms with E-state index >= 15 is 0 Å². The average molecular weight is 375 g/mol. The number of hydrogen-bond donors (Lipinski definition) is 2. The summed E-state index contributed by atoms with van der Waals surface area (Å²) in [5, 5.41) is 2.80. The highest BCUT2D eigenvalue weighted by molar-refractivity contribution is 7.81. The third kappa shape index (κ3) is 6.70. The number of amides is 1. The molecule has 138 valence electrons. The lowest BCUT2D eigenvalue weighted by Gasteiger charge is -2.08. The largest absolute Gasteiger partial charge is 0.446 e. The highest BCUT2D eigenvalue weighted by Crippen LogP contribution is 2.20. The topological polar surface area (TPSA) is 92.7 Å². The number of hydrogen-bond acceptors (Lipinski definition) is 4. The zero-order valence-corrected chi connectivity index (χ0v) is 15.4. The lowest BCUT2D eigenvalue weighted by Crippen LogP contribution is -2.23. The van der Waals surface area contributed by atoms with Crippen LogP contribution in [0.15, 0.2) is 48.5 Å². The fraction of sp³-hybridized carbons (Fsp3) is 0.211. The summed E-state index contributed by atoms with van der Waals surface area (Å²) in [6, 6.07) is 12.7. The normalized spacial score (nSPS) is 11.5. The van der Waals surface area contributed by atoms with Crippen LogP contribution in [0.4, 0.5) is 0 Å². The van der Waals surface area contributed by atoms with Crippen LogP contribution in [-0.4, -0.2) is 25.4 Å². The lowest BCUT2D eigenvalue weighted by atomic mass is 10.1. The summed E-state index contributed by atoms with van der Waals surface area (Å²) in [4.78, 5) is 11.9. The van der Waals surface area contributed by atoms with Gasteiger partial charge in [-0.3, -0.25) is 9.35 Å². The van der Waals surface area contributed by atoms with Gasteiger partial charge in [-0.15, -0.1) is 0 Å². The first-order chi connectivity index (χ1) is 12.2. The van der Waals surface area contributed by atoms with Crippen molar-refractivity contribution < 1.29 is 21.9 Å². The van der Waals surface area contributed by atoms with Crippen LogP contribution in [0, 0.1) is 13.8 Å². The van der Waals surface area contributed by atoms with Crippen LogP contribution in [0.5, 0.6) is 5.75 Å². The third-order valence-electron chi connectivity index (χ3n) is 3.62. The molecule has 2 rings (SSSR count). The Bertz CT molecular complexity index is 919. The van der Waals surface area contributed by atoms with E-state index in [4.69, 9.17) is 4.55 Å². The molecule has 0 saturated carbocycles. The van der Waals surface area contributed by atoms with Gasteiger partial charge in [0.05, 0.1) is 0 Å². The molecule has 2 aromatic carbocycles. The van der Waals surface area contributed by atoms with Crippen molar-refractivity contribution >= 4 is 22.4 Å². The van der Waals surface area contributed by atoms with Gasteiger partial charge in [0.2, 0.25) is 5.91 Å². The minimum atomic E-state index is -4.54. The smallest absolute Gasteiger partial charge is 0.362 e. The molecule has 0 unspecified atom stereocenters. The van der Waals surface area contributed by atoms with Crippen LogP contribution in [0.1, 0.15) is 22.3 Å². The molecule has 0 aliphatic rings. The number of aryl methyl sites for hydroxylation is 2. The number of nitrogens with one attached hydrogen (secondary N) is 1. The van der Waals surface area contributed by atoms with Gasteiger partial charge < -0.3 is 9.50 Å². The molecule has 0 radical (unpaired) electrons. The third-order valence-corrected chi connectivity index (χ3v) is 4.01. The second-order valence-corrected chi connectivity index (χ2v) is 6.92. The number of benzene rings is 2. The zero-order chi connectivity index (χ0) is 19.2. The van der Waals surface area contributed by atoms with E-state index in [9.17, 15) is 13.2 Å². The van der Waals surface area contributed by atoms with E-state index in [0.29, 0.717) is 18.5 Å². The van der Waals surface area contributed by atoms with Crippen LogP contribution in [0.3, 0.4) is 0 Å². The maximum absolute atomic E-state index is 11.9. The molecule has 1 amide bonds. The van der Waals surface area contributed by atoms with E-state index in [1.54, 1.807) is 25.1 Å². The summed E-state index contributed by atoms with van der Waals surface area (Å²) >= 11 is 0. The van der Waals surface area contributed by atoms with E-state index < -0.39 is 10.4 Å². The summed E-state index contributed by atoms with van der Waals surface area (Å²) in [5.74, 6) is -0.115. The van der Waals surface area contributed by atoms with Gasteiger partial charge in [0, 0.05) is 12.6 Å². The first-order valence-electron chi connectivity index (χ1n) is 8.02. The van der Waals surface area contributed by atoms with Gasteiger partial charge in [0.1, 0.15) is 5.75 Å². The second kappa shape index (κ2) is 8.64. The van der Waals surface area contributed by atoms with Crippen molar-refractivity contribution in [3.8, 4) is 5.75 Å². The Hall–Kier alpha value is -2.64. The molecule has 0 aromatic heterocycles. The first-order valence-corrected chi connectivity index (χ1v) is 9.38. The standard InChI is InChI=1S/C19H21NO5S/c1-14-4-3-5-16(12-14)7-9-19(21)20-11-10-17-6-8-18(15(2)13-17)25-26(22,23)24/h3-9,12-13H,10-11H2,1-2H3,(H,20,21)(H,22,23,24)/b9-7+. The molecule has 2 N–H and O–H groups in total. The van der Waals surface area contributed by atoms with Gasteiger partial charge >= 0.3 is 10.4 Å². The molecule has 0 fully saturated rings. The molecule has 2 aromatic rings. The van der Waals surface area contributed by atoms with Crippen molar-refractivity contribution in [1.82, 2.24) is 5.32 Å². The monoisotopic (exact) mass is 375 g/mol. The average Bonchev–Trinajstić information content (AvgIpc) is 2.54. The van der Waals surface area contributed by atoms with Crippen molar-refractivity contribution in [2.75, 3.05) is 6.54 Å². The summed E-state index contributed by atoms with van der Waals surface area (Å²) < 4.78 is 34.7. The molecule has 0 heterocycles. The Labute approximate surface area is 153 Å². The fourth-order valence-electron chi connectivity index (χ4n) is 2.41. The molecule has 0 atom stereocenters. The molecule has 0 saturated heterocycles. The zero-order valence-electron chi connectivity index (χ0n) is 14.6. The van der Waals surface area contributed by atoms with Crippen molar-refractivity contribution in [2.24, 2.45) is 0 Å². The molecule has 0 aliphatic carbocycles. The number of carbonyl (C=O) groups excluding carboxylic acids is 1. The van der Waals surface area contributed by atoms with Gasteiger partial charge in [-0.25, -0.2) is 0 Å². The quantitative estimate of drug-likeness (QED) is 0.573. The van der Waals surface area contributed by atoms with Crippen molar-refractivity contribution in [1.29, 1.82) is 0 Å². The molecule has 26 heavy (non-hydrogen) atoms. The van der Waals surface area contributed by atoms with E-state index in [0.717, 1.165) is 16.7 Å². The predicted octanol–water partition coefficient (Wildman–Crippen LogP) is 2.86. The highest BCUT2D eigenvalue weighted by atomic mass is 32.3. The predicted molar refractivity (Wildman–Crippen MR) is 100 cm³/mol. The summed E-state index contributed by atoms with van der Waals surface area (Å²) in [5.41, 5.74) is 3.58. The van der Waals surface area contributed by atoms with E-state index in [2.05, 4.69) is 9.50 Å². The van der Waals surface area contributed by atoms with Crippen LogP contribution >= 0.6 is 0 Å². The first kappa shape index (κ1) is 19.7. The van der Waals surface area contributed by atoms with Gasteiger partial charge in [-0.2, -0.15) is 8.42 Å². The number of carbonyl (C=O) groups is 1. The molecule has 0 bridgehead atoms. The maximum Gasteiger partial charge on any atom is 0.446 e. The molecule has 7 heteroatoms. The Balaban J connectivity index is 1.85. The summed E-state index contributed by atoms with van der Waals surface area (Å²) in [7, 11) is -4.54. The highest BCUT2D eigenvalue weighted by Gasteiger charge is 2.10. The van der Waals surface area contributed by atoms with E-state index in [1.165, 1.54) is 12.1 Å². The Morgan fingerprint density at radius 3 is 2.62 bits per heavy atom. The van der Waals surface area contributed by atoms with Crippen LogP contribution in [0.25, 0.3) is 6.08 Å². The van der Waals surface area contributed by atoms with Gasteiger partial charge in [0.15, 0.2) is 0 Å². The van der Waals surface area contributed by atoms with Gasteiger partial charge in [0.25, 0.3) is 0 Å². The Morgan fingerprint density at radius 1 is 1.19 bits per heavy atom. The minimum absolute atomic E-state index is 0.0707. The van der Waals surface area contributed by atoms with Gasteiger partial charge in [-0.05, 0) is 49.1 Å². The maximum atomic E-state index is 11.9. The van der Waals surface area contributed by atoms with E-state index in [-0.39, 0.29) is 11.7 Å². The second-order valence-electron chi connectivity index (χ2n) is 5.90. The Kier molecular flexibility index (Phi) is 6.54. The Morgan fingerprint density at radius 2 is 1.96 bits per heavy atom. The van der Waals surface area contributed by atoms with Crippen molar-refractivity contribution in [3.63, 3.8) is 0 Å². The SMILES string of the molecule is Cc1cccc(/C=C/C(=O)NCCc2ccc(OS(=O)(=O)O)c(C)c2)c1.